The van der Waals surface area contributed by atoms with Gasteiger partial charge in [0, 0.05) is 12.0 Å². The van der Waals surface area contributed by atoms with Crippen LogP contribution in [0.4, 0.5) is 0 Å². The van der Waals surface area contributed by atoms with Crippen molar-refractivity contribution >= 4 is 6.08 Å². The molecule has 0 aromatic heterocycles. The summed E-state index contributed by atoms with van der Waals surface area (Å²) in [6.07, 6.45) is 1.65. The highest BCUT2D eigenvalue weighted by molar-refractivity contribution is 5.52. The van der Waals surface area contributed by atoms with Crippen LogP contribution in [0.1, 0.15) is 45.7 Å². The maximum absolute atomic E-state index is 10.9. The number of rotatable bonds is 3. The van der Waals surface area contributed by atoms with Crippen molar-refractivity contribution in [3.05, 3.63) is 51.2 Å². The molecule has 0 bridgehead atoms. The number of hydrogen-bond donors (Lipinski definition) is 0. The van der Waals surface area contributed by atoms with E-state index in [2.05, 4.69) is 20.8 Å². The molecule has 0 aliphatic rings. The smallest absolute Gasteiger partial charge is 0.249 e. The van der Waals surface area contributed by atoms with E-state index in [1.807, 2.05) is 38.1 Å². The lowest BCUT2D eigenvalue weighted by molar-refractivity contribution is -0.431. The van der Waals surface area contributed by atoms with Gasteiger partial charge in [0.15, 0.2) is 0 Å². The Labute approximate surface area is 109 Å². The zero-order valence-electron chi connectivity index (χ0n) is 11.7. The molecular formula is C15H21NO2. The quantitative estimate of drug-likeness (QED) is 0.591. The van der Waals surface area contributed by atoms with Gasteiger partial charge >= 0.3 is 0 Å². The van der Waals surface area contributed by atoms with Crippen molar-refractivity contribution in [1.29, 1.82) is 0 Å². The number of allylic oxidation sites excluding steroid dienone is 1. The second kappa shape index (κ2) is 5.34. The van der Waals surface area contributed by atoms with E-state index < -0.39 is 0 Å². The molecule has 0 aliphatic carbocycles. The monoisotopic (exact) mass is 247 g/mol. The first-order chi connectivity index (χ1) is 8.21. The third-order valence-corrected chi connectivity index (χ3v) is 2.89. The fourth-order valence-electron chi connectivity index (χ4n) is 1.68. The average Bonchev–Trinajstić information content (AvgIpc) is 2.24. The second-order valence-electron chi connectivity index (χ2n) is 5.85. The van der Waals surface area contributed by atoms with E-state index in [9.17, 15) is 10.1 Å². The lowest BCUT2D eigenvalue weighted by Crippen LogP contribution is -2.10. The first-order valence-electron chi connectivity index (χ1n) is 6.18. The van der Waals surface area contributed by atoms with Crippen molar-refractivity contribution < 1.29 is 4.92 Å². The van der Waals surface area contributed by atoms with Crippen molar-refractivity contribution in [3.63, 3.8) is 0 Å². The lowest BCUT2D eigenvalue weighted by atomic mass is 9.86. The Morgan fingerprint density at radius 3 is 2.06 bits per heavy atom. The van der Waals surface area contributed by atoms with Gasteiger partial charge in [0.25, 0.3) is 0 Å². The van der Waals surface area contributed by atoms with Gasteiger partial charge in [-0.2, -0.15) is 0 Å². The molecule has 0 N–H and O–H groups in total. The van der Waals surface area contributed by atoms with Gasteiger partial charge in [0.1, 0.15) is 0 Å². The number of nitrogens with zero attached hydrogens (tertiary/aromatic N) is 1. The predicted octanol–water partition coefficient (Wildman–Crippen LogP) is 4.26. The zero-order valence-corrected chi connectivity index (χ0v) is 11.7. The molecule has 1 aromatic carbocycles. The molecule has 0 radical (unpaired) electrons. The molecule has 0 saturated heterocycles. The molecule has 98 valence electrons. The van der Waals surface area contributed by atoms with E-state index in [4.69, 9.17) is 0 Å². The van der Waals surface area contributed by atoms with E-state index >= 15 is 0 Å². The number of nitro groups is 1. The fourth-order valence-corrected chi connectivity index (χ4v) is 1.68. The highest BCUT2D eigenvalue weighted by Gasteiger charge is 2.16. The van der Waals surface area contributed by atoms with E-state index in [1.54, 1.807) is 6.08 Å². The van der Waals surface area contributed by atoms with Crippen LogP contribution >= 0.6 is 0 Å². The van der Waals surface area contributed by atoms with Crippen molar-refractivity contribution in [3.8, 4) is 0 Å². The third kappa shape index (κ3) is 3.69. The van der Waals surface area contributed by atoms with E-state index in [1.165, 1.54) is 5.56 Å². The van der Waals surface area contributed by atoms with E-state index in [0.29, 0.717) is 0 Å². The third-order valence-electron chi connectivity index (χ3n) is 2.89. The van der Waals surface area contributed by atoms with Crippen molar-refractivity contribution in [2.75, 3.05) is 0 Å². The molecule has 3 heteroatoms. The summed E-state index contributed by atoms with van der Waals surface area (Å²) in [5.74, 6) is -0.0812. The number of hydrogen-bond acceptors (Lipinski definition) is 2. The Bertz CT molecular complexity index is 450. The van der Waals surface area contributed by atoms with Crippen LogP contribution < -0.4 is 0 Å². The van der Waals surface area contributed by atoms with Crippen LogP contribution in [-0.4, -0.2) is 4.92 Å². The predicted molar refractivity (Wildman–Crippen MR) is 75.0 cm³/mol. The van der Waals surface area contributed by atoms with Crippen LogP contribution in [-0.2, 0) is 5.41 Å². The zero-order chi connectivity index (χ0) is 13.9. The molecule has 3 nitrogen and oxygen atoms in total. The molecule has 0 fully saturated rings. The van der Waals surface area contributed by atoms with Crippen LogP contribution in [0.15, 0.2) is 30.0 Å². The topological polar surface area (TPSA) is 43.1 Å². The molecule has 0 aliphatic heterocycles. The highest BCUT2D eigenvalue weighted by Crippen LogP contribution is 2.23. The van der Waals surface area contributed by atoms with Gasteiger partial charge in [-0.3, -0.25) is 10.1 Å². The lowest BCUT2D eigenvalue weighted by Gasteiger charge is -2.18. The van der Waals surface area contributed by atoms with Crippen molar-refractivity contribution in [2.45, 2.75) is 40.0 Å². The SMILES string of the molecule is CC(C)/C(=C/c1ccc(C(C)(C)C)cc1)[N+](=O)[O-]. The maximum atomic E-state index is 10.9. The van der Waals surface area contributed by atoms with Gasteiger partial charge < -0.3 is 0 Å². The first kappa shape index (κ1) is 14.4. The molecule has 0 saturated carbocycles. The highest BCUT2D eigenvalue weighted by atomic mass is 16.6. The fraction of sp³-hybridized carbons (Fsp3) is 0.467. The molecule has 0 unspecified atom stereocenters. The summed E-state index contributed by atoms with van der Waals surface area (Å²) in [6.45, 7) is 10.1. The Hall–Kier alpha value is -1.64. The molecule has 0 heterocycles. The summed E-state index contributed by atoms with van der Waals surface area (Å²) < 4.78 is 0. The Morgan fingerprint density at radius 2 is 1.72 bits per heavy atom. The minimum absolute atomic E-state index is 0.0812. The molecule has 18 heavy (non-hydrogen) atoms. The van der Waals surface area contributed by atoms with Crippen LogP contribution in [0.2, 0.25) is 0 Å². The van der Waals surface area contributed by atoms with Crippen molar-refractivity contribution in [2.24, 2.45) is 5.92 Å². The molecule has 0 amide bonds. The normalized spacial score (nSPS) is 12.9. The van der Waals surface area contributed by atoms with Gasteiger partial charge in [-0.15, -0.1) is 0 Å². The molecule has 1 rings (SSSR count). The summed E-state index contributed by atoms with van der Waals surface area (Å²) in [5.41, 5.74) is 2.46. The van der Waals surface area contributed by atoms with E-state index in [-0.39, 0.29) is 22.0 Å². The van der Waals surface area contributed by atoms with Gasteiger partial charge in [0.2, 0.25) is 5.70 Å². The second-order valence-corrected chi connectivity index (χ2v) is 5.85. The molecule has 0 spiro atoms. The molecule has 1 aromatic rings. The Balaban J connectivity index is 3.06. The summed E-state index contributed by atoms with van der Waals surface area (Å²) >= 11 is 0. The average molecular weight is 247 g/mol. The molecule has 0 atom stereocenters. The van der Waals surface area contributed by atoms with Crippen LogP contribution in [0.25, 0.3) is 6.08 Å². The minimum Gasteiger partial charge on any atom is -0.259 e. The first-order valence-corrected chi connectivity index (χ1v) is 6.18. The summed E-state index contributed by atoms with van der Waals surface area (Å²) in [7, 11) is 0. The summed E-state index contributed by atoms with van der Waals surface area (Å²) in [6, 6.07) is 7.94. The van der Waals surface area contributed by atoms with Gasteiger partial charge in [-0.1, -0.05) is 58.9 Å². The van der Waals surface area contributed by atoms with Crippen LogP contribution in [0.5, 0.6) is 0 Å². The Kier molecular flexibility index (Phi) is 4.28. The van der Waals surface area contributed by atoms with Crippen LogP contribution in [0.3, 0.4) is 0 Å². The maximum Gasteiger partial charge on any atom is 0.249 e. The summed E-state index contributed by atoms with van der Waals surface area (Å²) in [5, 5.41) is 10.9. The largest absolute Gasteiger partial charge is 0.259 e. The van der Waals surface area contributed by atoms with Crippen molar-refractivity contribution in [1.82, 2.24) is 0 Å². The summed E-state index contributed by atoms with van der Waals surface area (Å²) in [4.78, 5) is 10.6. The minimum atomic E-state index is -0.303. The van der Waals surface area contributed by atoms with Crippen LogP contribution in [0, 0.1) is 16.0 Å². The van der Waals surface area contributed by atoms with Gasteiger partial charge in [0.05, 0.1) is 4.92 Å². The Morgan fingerprint density at radius 1 is 1.22 bits per heavy atom. The van der Waals surface area contributed by atoms with Gasteiger partial charge in [-0.25, -0.2) is 0 Å². The van der Waals surface area contributed by atoms with Gasteiger partial charge in [-0.05, 0) is 16.5 Å². The van der Waals surface area contributed by atoms with E-state index in [0.717, 1.165) is 5.56 Å². The standard InChI is InChI=1S/C15H21NO2/c1-11(2)14(16(17)18)10-12-6-8-13(9-7-12)15(3,4)5/h6-11H,1-5H3/b14-10-. The number of benzene rings is 1. The molecular weight excluding hydrogens is 226 g/mol.